The fraction of sp³-hybridized carbons (Fsp3) is 0.815. The van der Waals surface area contributed by atoms with E-state index in [1.54, 1.807) is 0 Å². The monoisotopic (exact) mass is 484 g/mol. The average molecular weight is 485 g/mol. The van der Waals surface area contributed by atoms with Gasteiger partial charge in [-0.1, -0.05) is 70.4 Å². The second-order valence-corrected chi connectivity index (χ2v) is 9.70. The van der Waals surface area contributed by atoms with Crippen LogP contribution < -0.4 is 0 Å². The van der Waals surface area contributed by atoms with E-state index in [0.717, 1.165) is 32.1 Å². The van der Waals surface area contributed by atoms with Crippen molar-refractivity contribution in [2.75, 3.05) is 6.54 Å². The first-order valence-electron chi connectivity index (χ1n) is 13.3. The van der Waals surface area contributed by atoms with Crippen LogP contribution in [0, 0.1) is 0 Å². The lowest BCUT2D eigenvalue weighted by Gasteiger charge is -2.47. The minimum absolute atomic E-state index is 0.220. The van der Waals surface area contributed by atoms with Crippen LogP contribution in [0.25, 0.3) is 0 Å². The molecule has 198 valence electrons. The molecule has 34 heavy (non-hydrogen) atoms. The van der Waals surface area contributed by atoms with E-state index in [1.165, 1.54) is 72.1 Å². The maximum Gasteiger partial charge on any atom is 0.362 e. The largest absolute Gasteiger partial charge is 0.477 e. The van der Waals surface area contributed by atoms with Crippen molar-refractivity contribution in [3.63, 3.8) is 0 Å². The van der Waals surface area contributed by atoms with Crippen LogP contribution in [0.2, 0.25) is 0 Å². The fourth-order valence-electron chi connectivity index (χ4n) is 4.84. The van der Waals surface area contributed by atoms with E-state index in [0.29, 0.717) is 6.42 Å². The van der Waals surface area contributed by atoms with Gasteiger partial charge < -0.3 is 15.3 Å². The van der Waals surface area contributed by atoms with E-state index in [1.807, 2.05) is 0 Å². The Morgan fingerprint density at radius 2 is 0.912 bits per heavy atom. The Hall–Kier alpha value is -1.89. The van der Waals surface area contributed by atoms with Crippen LogP contribution in [0.3, 0.4) is 0 Å². The highest BCUT2D eigenvalue weighted by Crippen LogP contribution is 2.27. The third-order valence-electron chi connectivity index (χ3n) is 7.29. The molecule has 0 aliphatic heterocycles. The zero-order valence-corrected chi connectivity index (χ0v) is 22.0. The van der Waals surface area contributed by atoms with Gasteiger partial charge in [0, 0.05) is 0 Å². The maximum absolute atomic E-state index is 11.8. The number of rotatable bonds is 22. The van der Waals surface area contributed by atoms with E-state index in [4.69, 9.17) is 0 Å². The van der Waals surface area contributed by atoms with Crippen molar-refractivity contribution >= 4 is 17.9 Å². The molecule has 0 heterocycles. The van der Waals surface area contributed by atoms with Crippen molar-refractivity contribution in [3.8, 4) is 0 Å². The number of unbranched alkanes of at least 4 members (excludes halogenated alkanes) is 12. The normalized spacial score (nSPS) is 16.1. The number of allylic oxidation sites excluding steroid dienone is 2. The summed E-state index contributed by atoms with van der Waals surface area (Å²) in [5.74, 6) is -3.52. The Labute approximate surface area is 206 Å². The number of hydrogen-bond donors (Lipinski definition) is 3. The SMILES string of the molecule is CCCCCCC/C=C/CCCCCCCCC[N+](C(C)C(=O)O)(C(C)C(=O)O)C(C)C(=O)O. The minimum Gasteiger partial charge on any atom is -0.477 e. The molecule has 0 aromatic carbocycles. The molecule has 0 radical (unpaired) electrons. The van der Waals surface area contributed by atoms with Crippen LogP contribution in [0.5, 0.6) is 0 Å². The van der Waals surface area contributed by atoms with E-state index >= 15 is 0 Å². The topological polar surface area (TPSA) is 112 Å². The Kier molecular flexibility index (Phi) is 17.4. The molecule has 0 aliphatic rings. The number of carbonyl (C=O) groups is 3. The summed E-state index contributed by atoms with van der Waals surface area (Å²) in [7, 11) is 0. The van der Waals surface area contributed by atoms with Gasteiger partial charge in [0.2, 0.25) is 0 Å². The van der Waals surface area contributed by atoms with E-state index in [9.17, 15) is 29.7 Å². The highest BCUT2D eigenvalue weighted by molar-refractivity contribution is 5.77. The van der Waals surface area contributed by atoms with Gasteiger partial charge in [-0.2, -0.15) is 0 Å². The molecule has 0 saturated heterocycles. The summed E-state index contributed by atoms with van der Waals surface area (Å²) in [4.78, 5) is 35.3. The number of aliphatic carboxylic acids is 3. The molecular weight excluding hydrogens is 434 g/mol. The van der Waals surface area contributed by atoms with Gasteiger partial charge in [0.1, 0.15) is 0 Å². The zero-order chi connectivity index (χ0) is 26.0. The Morgan fingerprint density at radius 1 is 0.588 bits per heavy atom. The maximum atomic E-state index is 11.8. The van der Waals surface area contributed by atoms with E-state index in [2.05, 4.69) is 19.1 Å². The van der Waals surface area contributed by atoms with Crippen molar-refractivity contribution < 1.29 is 34.2 Å². The van der Waals surface area contributed by atoms with Crippen LogP contribution >= 0.6 is 0 Å². The van der Waals surface area contributed by atoms with Gasteiger partial charge in [0.05, 0.1) is 6.54 Å². The predicted octanol–water partition coefficient (Wildman–Crippen LogP) is 6.26. The van der Waals surface area contributed by atoms with Crippen molar-refractivity contribution in [2.45, 2.75) is 136 Å². The molecule has 7 nitrogen and oxygen atoms in total. The molecule has 0 aromatic heterocycles. The second-order valence-electron chi connectivity index (χ2n) is 9.70. The minimum atomic E-state index is -1.17. The Morgan fingerprint density at radius 3 is 1.26 bits per heavy atom. The van der Waals surface area contributed by atoms with Gasteiger partial charge in [0.15, 0.2) is 18.1 Å². The Bertz CT molecular complexity index is 568. The highest BCUT2D eigenvalue weighted by atomic mass is 16.4. The summed E-state index contributed by atoms with van der Waals surface area (Å²) >= 11 is 0. The summed E-state index contributed by atoms with van der Waals surface area (Å²) in [6, 6.07) is -3.37. The molecule has 0 saturated carbocycles. The van der Waals surface area contributed by atoms with E-state index in [-0.39, 0.29) is 6.54 Å². The van der Waals surface area contributed by atoms with Crippen molar-refractivity contribution in [1.29, 1.82) is 0 Å². The van der Waals surface area contributed by atoms with Crippen molar-refractivity contribution in [2.24, 2.45) is 0 Å². The molecule has 0 amide bonds. The first kappa shape index (κ1) is 32.1. The molecule has 3 unspecified atom stereocenters. The van der Waals surface area contributed by atoms with Crippen LogP contribution in [-0.4, -0.2) is 62.4 Å². The number of nitrogens with zero attached hydrogens (tertiary/aromatic N) is 1. The lowest BCUT2D eigenvalue weighted by atomic mass is 10.00. The molecule has 3 N–H and O–H groups in total. The molecule has 3 atom stereocenters. The number of carboxylic acids is 3. The molecule has 0 rings (SSSR count). The fourth-order valence-corrected chi connectivity index (χ4v) is 4.84. The molecular formula is C27H50NO6+. The third kappa shape index (κ3) is 11.5. The second kappa shape index (κ2) is 18.4. The molecule has 0 bridgehead atoms. The molecule has 0 spiro atoms. The molecule has 0 aliphatic carbocycles. The van der Waals surface area contributed by atoms with Crippen LogP contribution in [0.1, 0.15) is 118 Å². The van der Waals surface area contributed by atoms with Gasteiger partial charge in [-0.05, 0) is 59.3 Å². The lowest BCUT2D eigenvalue weighted by molar-refractivity contribution is -0.968. The summed E-state index contributed by atoms with van der Waals surface area (Å²) < 4.78 is -0.481. The molecule has 0 fully saturated rings. The average Bonchev–Trinajstić information content (AvgIpc) is 2.80. The predicted molar refractivity (Wildman–Crippen MR) is 136 cm³/mol. The van der Waals surface area contributed by atoms with Gasteiger partial charge in [0.25, 0.3) is 0 Å². The van der Waals surface area contributed by atoms with Gasteiger partial charge in [-0.15, -0.1) is 0 Å². The molecule has 7 heteroatoms. The van der Waals surface area contributed by atoms with Crippen LogP contribution in [0.15, 0.2) is 12.2 Å². The summed E-state index contributed by atoms with van der Waals surface area (Å²) in [5, 5.41) is 28.8. The van der Waals surface area contributed by atoms with E-state index < -0.39 is 40.5 Å². The van der Waals surface area contributed by atoms with Gasteiger partial charge in [-0.3, -0.25) is 4.48 Å². The first-order valence-corrected chi connectivity index (χ1v) is 13.3. The van der Waals surface area contributed by atoms with Crippen LogP contribution in [-0.2, 0) is 14.4 Å². The third-order valence-corrected chi connectivity index (χ3v) is 7.29. The van der Waals surface area contributed by atoms with Crippen molar-refractivity contribution in [3.05, 3.63) is 12.2 Å². The number of hydrogen-bond acceptors (Lipinski definition) is 3. The van der Waals surface area contributed by atoms with Crippen LogP contribution in [0.4, 0.5) is 0 Å². The quantitative estimate of drug-likeness (QED) is 0.0950. The standard InChI is InChI=1S/C27H49NO6/c1-5-6-7-8-9-10-11-12-13-14-15-16-17-18-19-20-21-28(22(2)25(29)30,23(3)26(31)32)24(4)27(33)34/h11-12,22-24H,5-10,13-21H2,1-4H3,(H2-,29,30,31,32,33,34)/p+1/b12-11+. The first-order chi connectivity index (χ1) is 16.1. The molecule has 0 aromatic rings. The Balaban J connectivity index is 4.37. The summed E-state index contributed by atoms with van der Waals surface area (Å²) in [6.07, 6.45) is 20.5. The summed E-state index contributed by atoms with van der Waals surface area (Å²) in [5.41, 5.74) is 0. The summed E-state index contributed by atoms with van der Waals surface area (Å²) in [6.45, 7) is 6.71. The number of carboxylic acid groups (broad SMARTS) is 3. The highest BCUT2D eigenvalue weighted by Gasteiger charge is 2.52. The number of quaternary nitrogens is 1. The van der Waals surface area contributed by atoms with Crippen molar-refractivity contribution in [1.82, 2.24) is 0 Å². The smallest absolute Gasteiger partial charge is 0.362 e. The zero-order valence-electron chi connectivity index (χ0n) is 22.0. The lowest BCUT2D eigenvalue weighted by Crippen LogP contribution is -2.70. The van der Waals surface area contributed by atoms with Gasteiger partial charge >= 0.3 is 17.9 Å². The van der Waals surface area contributed by atoms with Gasteiger partial charge in [-0.25, -0.2) is 14.4 Å².